The summed E-state index contributed by atoms with van der Waals surface area (Å²) in [5, 5.41) is 15.6. The van der Waals surface area contributed by atoms with Crippen molar-refractivity contribution in [3.05, 3.63) is 65.7 Å². The van der Waals surface area contributed by atoms with Gasteiger partial charge in [0, 0.05) is 17.0 Å². The van der Waals surface area contributed by atoms with Crippen molar-refractivity contribution in [2.45, 2.75) is 38.3 Å². The molecule has 1 saturated heterocycles. The van der Waals surface area contributed by atoms with Crippen LogP contribution in [-0.4, -0.2) is 22.7 Å². The molecule has 1 fully saturated rings. The van der Waals surface area contributed by atoms with Gasteiger partial charge < -0.3 is 10.4 Å². The molecule has 3 aromatic rings. The van der Waals surface area contributed by atoms with E-state index in [4.69, 9.17) is 4.98 Å². The van der Waals surface area contributed by atoms with Crippen LogP contribution in [0.15, 0.2) is 54.6 Å². The van der Waals surface area contributed by atoms with Gasteiger partial charge in [0.15, 0.2) is 0 Å². The summed E-state index contributed by atoms with van der Waals surface area (Å²) in [5.74, 6) is 0. The second-order valence-corrected chi connectivity index (χ2v) is 6.98. The Balaban J connectivity index is 1.82. The highest BCUT2D eigenvalue weighted by Gasteiger charge is 2.25. The monoisotopic (exact) mass is 332 g/mol. The molecule has 0 amide bonds. The Morgan fingerprint density at radius 2 is 1.88 bits per heavy atom. The molecule has 0 radical (unpaired) electrons. The van der Waals surface area contributed by atoms with Crippen LogP contribution < -0.4 is 5.32 Å². The van der Waals surface area contributed by atoms with Crippen LogP contribution in [0.5, 0.6) is 0 Å². The molecule has 3 heteroatoms. The van der Waals surface area contributed by atoms with Crippen LogP contribution in [0.3, 0.4) is 0 Å². The maximum atomic E-state index is 11.1. The summed E-state index contributed by atoms with van der Waals surface area (Å²) in [4.78, 5) is 4.83. The molecule has 2 atom stereocenters. The first-order valence-corrected chi connectivity index (χ1v) is 9.10. The van der Waals surface area contributed by atoms with Crippen molar-refractivity contribution in [1.82, 2.24) is 10.3 Å². The van der Waals surface area contributed by atoms with Crippen LogP contribution in [-0.2, 0) is 0 Å². The van der Waals surface area contributed by atoms with E-state index in [2.05, 4.69) is 48.6 Å². The third-order valence-electron chi connectivity index (χ3n) is 5.14. The Kier molecular flexibility index (Phi) is 4.51. The SMILES string of the molecule is Cc1ccc(-c2cc(C(O)C3CCCCN3)c3ccccc3n2)cc1. The summed E-state index contributed by atoms with van der Waals surface area (Å²) in [6.07, 6.45) is 2.85. The fraction of sp³-hybridized carbons (Fsp3) is 0.318. The molecule has 1 aromatic heterocycles. The fourth-order valence-corrected chi connectivity index (χ4v) is 3.68. The van der Waals surface area contributed by atoms with Crippen LogP contribution in [0.4, 0.5) is 0 Å². The topological polar surface area (TPSA) is 45.1 Å². The van der Waals surface area contributed by atoms with Crippen molar-refractivity contribution in [2.24, 2.45) is 0 Å². The van der Waals surface area contributed by atoms with Crippen molar-refractivity contribution >= 4 is 10.9 Å². The lowest BCUT2D eigenvalue weighted by molar-refractivity contribution is 0.115. The molecule has 4 rings (SSSR count). The zero-order chi connectivity index (χ0) is 17.2. The van der Waals surface area contributed by atoms with E-state index in [-0.39, 0.29) is 6.04 Å². The number of pyridine rings is 1. The van der Waals surface area contributed by atoms with Gasteiger partial charge in [0.05, 0.1) is 17.3 Å². The Labute approximate surface area is 148 Å². The minimum absolute atomic E-state index is 0.116. The molecule has 2 heterocycles. The summed E-state index contributed by atoms with van der Waals surface area (Å²) in [7, 11) is 0. The van der Waals surface area contributed by atoms with E-state index in [9.17, 15) is 5.11 Å². The van der Waals surface area contributed by atoms with Crippen molar-refractivity contribution in [2.75, 3.05) is 6.54 Å². The number of para-hydroxylation sites is 1. The standard InChI is InChI=1S/C22H24N2O/c1-15-9-11-16(12-10-15)21-14-18(17-6-2-3-7-19(17)24-21)22(25)20-8-4-5-13-23-20/h2-3,6-7,9-12,14,20,22-23,25H,4-5,8,13H2,1H3. The average Bonchev–Trinajstić information content (AvgIpc) is 2.68. The van der Waals surface area contributed by atoms with Crippen molar-refractivity contribution in [3.8, 4) is 11.3 Å². The highest BCUT2D eigenvalue weighted by Crippen LogP contribution is 2.32. The number of hydrogen-bond acceptors (Lipinski definition) is 3. The van der Waals surface area contributed by atoms with E-state index in [1.54, 1.807) is 0 Å². The number of hydrogen-bond donors (Lipinski definition) is 2. The van der Waals surface area contributed by atoms with Crippen LogP contribution in [0.2, 0.25) is 0 Å². The van der Waals surface area contributed by atoms with Gasteiger partial charge in [-0.05, 0) is 44.0 Å². The molecule has 3 nitrogen and oxygen atoms in total. The van der Waals surface area contributed by atoms with Gasteiger partial charge in [-0.3, -0.25) is 0 Å². The van der Waals surface area contributed by atoms with Gasteiger partial charge in [0.25, 0.3) is 0 Å². The molecule has 0 spiro atoms. The zero-order valence-electron chi connectivity index (χ0n) is 14.6. The molecule has 2 N–H and O–H groups in total. The van der Waals surface area contributed by atoms with E-state index in [0.717, 1.165) is 40.7 Å². The number of aryl methyl sites for hydroxylation is 1. The molecule has 0 bridgehead atoms. The smallest absolute Gasteiger partial charge is 0.0950 e. The zero-order valence-corrected chi connectivity index (χ0v) is 14.6. The average molecular weight is 332 g/mol. The number of nitrogens with one attached hydrogen (secondary N) is 1. The second-order valence-electron chi connectivity index (χ2n) is 6.98. The van der Waals surface area contributed by atoms with Gasteiger partial charge in [-0.25, -0.2) is 4.98 Å². The number of piperidine rings is 1. The third-order valence-corrected chi connectivity index (χ3v) is 5.14. The minimum Gasteiger partial charge on any atom is -0.387 e. The number of fused-ring (bicyclic) bond motifs is 1. The molecule has 2 unspecified atom stereocenters. The highest BCUT2D eigenvalue weighted by molar-refractivity contribution is 5.85. The largest absolute Gasteiger partial charge is 0.387 e. The molecule has 128 valence electrons. The predicted molar refractivity (Wildman–Crippen MR) is 103 cm³/mol. The number of benzene rings is 2. The Morgan fingerprint density at radius 1 is 1.08 bits per heavy atom. The van der Waals surface area contributed by atoms with E-state index in [1.807, 2.05) is 18.2 Å². The first-order chi connectivity index (χ1) is 12.2. The maximum absolute atomic E-state index is 11.1. The molecular weight excluding hydrogens is 308 g/mol. The number of aliphatic hydroxyl groups is 1. The number of aromatic nitrogens is 1. The molecule has 25 heavy (non-hydrogen) atoms. The summed E-state index contributed by atoms with van der Waals surface area (Å²) < 4.78 is 0. The van der Waals surface area contributed by atoms with Gasteiger partial charge >= 0.3 is 0 Å². The van der Waals surface area contributed by atoms with Crippen molar-refractivity contribution in [3.63, 3.8) is 0 Å². The molecule has 0 aliphatic carbocycles. The predicted octanol–water partition coefficient (Wildman–Crippen LogP) is 4.39. The summed E-state index contributed by atoms with van der Waals surface area (Å²) in [5.41, 5.74) is 5.15. The number of nitrogens with zero attached hydrogens (tertiary/aromatic N) is 1. The number of rotatable bonds is 3. The van der Waals surface area contributed by atoms with E-state index in [0.29, 0.717) is 0 Å². The van der Waals surface area contributed by atoms with Crippen LogP contribution in [0.1, 0.15) is 36.5 Å². The first-order valence-electron chi connectivity index (χ1n) is 9.10. The van der Waals surface area contributed by atoms with Gasteiger partial charge in [-0.2, -0.15) is 0 Å². The Bertz CT molecular complexity index is 867. The minimum atomic E-state index is -0.516. The van der Waals surface area contributed by atoms with Crippen LogP contribution in [0.25, 0.3) is 22.2 Å². The highest BCUT2D eigenvalue weighted by atomic mass is 16.3. The van der Waals surface area contributed by atoms with Gasteiger partial charge in [0.2, 0.25) is 0 Å². The summed E-state index contributed by atoms with van der Waals surface area (Å²) >= 11 is 0. The summed E-state index contributed by atoms with van der Waals surface area (Å²) in [6.45, 7) is 3.07. The number of aliphatic hydroxyl groups excluding tert-OH is 1. The van der Waals surface area contributed by atoms with E-state index in [1.165, 1.54) is 18.4 Å². The normalized spacial score (nSPS) is 19.0. The van der Waals surface area contributed by atoms with Crippen molar-refractivity contribution in [1.29, 1.82) is 0 Å². The van der Waals surface area contributed by atoms with Crippen molar-refractivity contribution < 1.29 is 5.11 Å². The summed E-state index contributed by atoms with van der Waals surface area (Å²) in [6, 6.07) is 18.7. The van der Waals surface area contributed by atoms with E-state index < -0.39 is 6.10 Å². The molecule has 0 saturated carbocycles. The Hall–Kier alpha value is -2.23. The van der Waals surface area contributed by atoms with Gasteiger partial charge in [-0.15, -0.1) is 0 Å². The van der Waals surface area contributed by atoms with Gasteiger partial charge in [-0.1, -0.05) is 54.4 Å². The van der Waals surface area contributed by atoms with Crippen LogP contribution >= 0.6 is 0 Å². The lowest BCUT2D eigenvalue weighted by atomic mass is 9.92. The van der Waals surface area contributed by atoms with Crippen LogP contribution in [0, 0.1) is 6.92 Å². The second kappa shape index (κ2) is 6.95. The Morgan fingerprint density at radius 3 is 2.64 bits per heavy atom. The molecular formula is C22H24N2O. The first kappa shape index (κ1) is 16.2. The quantitative estimate of drug-likeness (QED) is 0.748. The maximum Gasteiger partial charge on any atom is 0.0950 e. The lowest BCUT2D eigenvalue weighted by Crippen LogP contribution is -2.38. The fourth-order valence-electron chi connectivity index (χ4n) is 3.68. The van der Waals surface area contributed by atoms with Gasteiger partial charge in [0.1, 0.15) is 0 Å². The lowest BCUT2D eigenvalue weighted by Gasteiger charge is -2.29. The molecule has 1 aliphatic rings. The third kappa shape index (κ3) is 3.30. The molecule has 2 aromatic carbocycles. The molecule has 1 aliphatic heterocycles. The van der Waals surface area contributed by atoms with E-state index >= 15 is 0 Å².